The SMILES string of the molecule is N#CC1(c2cccc(Cl)n2)CCN(Cc2cc3c(c4ccccc24)CN(C2CCCCC2)C3=O)CC1. The Morgan fingerprint density at radius 1 is 1.03 bits per heavy atom. The third-order valence-electron chi connectivity index (χ3n) is 8.60. The van der Waals surface area contributed by atoms with E-state index in [0.29, 0.717) is 24.0 Å². The van der Waals surface area contributed by atoms with Crippen molar-refractivity contribution in [1.82, 2.24) is 14.8 Å². The van der Waals surface area contributed by atoms with Crippen LogP contribution in [0, 0.1) is 11.3 Å². The van der Waals surface area contributed by atoms with E-state index < -0.39 is 5.41 Å². The fourth-order valence-electron chi connectivity index (χ4n) is 6.52. The summed E-state index contributed by atoms with van der Waals surface area (Å²) in [7, 11) is 0. The van der Waals surface area contributed by atoms with E-state index in [1.54, 1.807) is 6.07 Å². The van der Waals surface area contributed by atoms with Crippen molar-refractivity contribution >= 4 is 28.3 Å². The first-order valence-corrected chi connectivity index (χ1v) is 13.6. The van der Waals surface area contributed by atoms with Gasteiger partial charge in [0.2, 0.25) is 0 Å². The molecule has 36 heavy (non-hydrogen) atoms. The van der Waals surface area contributed by atoms with Crippen molar-refractivity contribution in [1.29, 1.82) is 5.26 Å². The number of nitriles is 1. The first-order valence-electron chi connectivity index (χ1n) is 13.2. The molecular weight excluding hydrogens is 468 g/mol. The molecule has 3 aromatic rings. The molecule has 1 saturated heterocycles. The summed E-state index contributed by atoms with van der Waals surface area (Å²) in [4.78, 5) is 22.6. The number of nitrogens with zero attached hydrogens (tertiary/aromatic N) is 4. The van der Waals surface area contributed by atoms with Gasteiger partial charge in [-0.1, -0.05) is 61.2 Å². The van der Waals surface area contributed by atoms with Gasteiger partial charge in [-0.15, -0.1) is 0 Å². The minimum Gasteiger partial charge on any atom is -0.331 e. The molecule has 1 amide bonds. The van der Waals surface area contributed by atoms with E-state index in [4.69, 9.17) is 11.6 Å². The van der Waals surface area contributed by atoms with Crippen molar-refractivity contribution in [2.75, 3.05) is 13.1 Å². The quantitative estimate of drug-likeness (QED) is 0.400. The van der Waals surface area contributed by atoms with E-state index >= 15 is 0 Å². The van der Waals surface area contributed by atoms with Gasteiger partial charge in [0.1, 0.15) is 10.6 Å². The van der Waals surface area contributed by atoms with E-state index in [0.717, 1.165) is 50.3 Å². The number of carbonyl (C=O) groups is 1. The third-order valence-corrected chi connectivity index (χ3v) is 8.81. The zero-order chi connectivity index (χ0) is 24.7. The monoisotopic (exact) mass is 498 g/mol. The lowest BCUT2D eigenvalue weighted by Gasteiger charge is -2.37. The Bertz CT molecular complexity index is 1350. The number of amides is 1. The fraction of sp³-hybridized carbons (Fsp3) is 0.433. The fourth-order valence-corrected chi connectivity index (χ4v) is 6.68. The zero-order valence-electron chi connectivity index (χ0n) is 20.5. The smallest absolute Gasteiger partial charge is 0.254 e. The van der Waals surface area contributed by atoms with Crippen molar-refractivity contribution in [2.45, 2.75) is 69.5 Å². The summed E-state index contributed by atoms with van der Waals surface area (Å²) in [5.41, 5.74) is 3.46. The Morgan fingerprint density at radius 3 is 2.50 bits per heavy atom. The van der Waals surface area contributed by atoms with Gasteiger partial charge in [0.25, 0.3) is 5.91 Å². The van der Waals surface area contributed by atoms with Gasteiger partial charge < -0.3 is 4.90 Å². The second kappa shape index (κ2) is 9.50. The number of carbonyl (C=O) groups excluding carboxylic acids is 1. The summed E-state index contributed by atoms with van der Waals surface area (Å²) in [5.74, 6) is 0.207. The third kappa shape index (κ3) is 4.07. The zero-order valence-corrected chi connectivity index (χ0v) is 21.3. The number of fused-ring (bicyclic) bond motifs is 3. The molecule has 6 rings (SSSR count). The molecule has 0 bridgehead atoms. The standard InChI is InChI=1S/C30H31ClN4O/c31-28-12-6-11-27(33-28)30(20-32)13-15-34(16-14-30)18-21-17-25-26(24-10-5-4-9-23(21)24)19-35(29(25)36)22-7-2-1-3-8-22/h4-6,9-12,17,22H,1-3,7-8,13-16,18-19H2. The van der Waals surface area contributed by atoms with E-state index in [1.165, 1.54) is 41.2 Å². The van der Waals surface area contributed by atoms with Gasteiger partial charge >= 0.3 is 0 Å². The van der Waals surface area contributed by atoms with Crippen LogP contribution in [0.4, 0.5) is 0 Å². The maximum Gasteiger partial charge on any atom is 0.254 e. The van der Waals surface area contributed by atoms with Crippen LogP contribution < -0.4 is 0 Å². The molecular formula is C30H31ClN4O. The van der Waals surface area contributed by atoms with Gasteiger partial charge in [-0.2, -0.15) is 5.26 Å². The number of rotatable bonds is 4. The van der Waals surface area contributed by atoms with Gasteiger partial charge in [-0.05, 0) is 65.8 Å². The van der Waals surface area contributed by atoms with Gasteiger partial charge in [-0.3, -0.25) is 9.69 Å². The summed E-state index contributed by atoms with van der Waals surface area (Å²) in [6, 6.07) is 19.2. The number of aromatic nitrogens is 1. The molecule has 1 aromatic heterocycles. The predicted octanol–water partition coefficient (Wildman–Crippen LogP) is 6.23. The first kappa shape index (κ1) is 23.5. The van der Waals surface area contributed by atoms with Crippen molar-refractivity contribution in [3.63, 3.8) is 0 Å². The molecule has 2 fully saturated rings. The van der Waals surface area contributed by atoms with Crippen molar-refractivity contribution in [3.8, 4) is 6.07 Å². The molecule has 0 N–H and O–H groups in total. The van der Waals surface area contributed by atoms with Gasteiger partial charge in [-0.25, -0.2) is 4.98 Å². The van der Waals surface area contributed by atoms with Crippen LogP contribution in [0.1, 0.15) is 72.1 Å². The second-order valence-corrected chi connectivity index (χ2v) is 11.0. The number of likely N-dealkylation sites (tertiary alicyclic amines) is 1. The molecule has 0 spiro atoms. The number of piperidine rings is 1. The Kier molecular flexibility index (Phi) is 6.19. The Balaban J connectivity index is 1.26. The molecule has 6 heteroatoms. The summed E-state index contributed by atoms with van der Waals surface area (Å²) < 4.78 is 0. The highest BCUT2D eigenvalue weighted by atomic mass is 35.5. The minimum absolute atomic E-state index is 0.207. The van der Waals surface area contributed by atoms with Crippen LogP contribution in [-0.4, -0.2) is 39.8 Å². The molecule has 2 aliphatic heterocycles. The number of halogens is 1. The number of hydrogen-bond donors (Lipinski definition) is 0. The molecule has 1 saturated carbocycles. The molecule has 0 unspecified atom stereocenters. The summed E-state index contributed by atoms with van der Waals surface area (Å²) in [6.45, 7) is 3.11. The second-order valence-electron chi connectivity index (χ2n) is 10.6. The maximum atomic E-state index is 13.6. The van der Waals surface area contributed by atoms with Crippen LogP contribution in [0.2, 0.25) is 5.15 Å². The Hall–Kier alpha value is -2.94. The molecule has 0 atom stereocenters. The highest BCUT2D eigenvalue weighted by molar-refractivity contribution is 6.29. The first-order chi connectivity index (χ1) is 17.6. The van der Waals surface area contributed by atoms with E-state index in [1.807, 2.05) is 12.1 Å². The lowest BCUT2D eigenvalue weighted by molar-refractivity contribution is 0.0660. The molecule has 184 valence electrons. The Morgan fingerprint density at radius 2 is 1.78 bits per heavy atom. The van der Waals surface area contributed by atoms with Crippen molar-refractivity contribution < 1.29 is 4.79 Å². The van der Waals surface area contributed by atoms with Crippen LogP contribution >= 0.6 is 11.6 Å². The predicted molar refractivity (Wildman–Crippen MR) is 142 cm³/mol. The van der Waals surface area contributed by atoms with Gasteiger partial charge in [0.15, 0.2) is 0 Å². The van der Waals surface area contributed by atoms with Crippen LogP contribution in [0.5, 0.6) is 0 Å². The van der Waals surface area contributed by atoms with E-state index in [9.17, 15) is 10.1 Å². The van der Waals surface area contributed by atoms with Crippen molar-refractivity contribution in [3.05, 3.63) is 76.1 Å². The summed E-state index contributed by atoms with van der Waals surface area (Å²) in [6.07, 6.45) is 7.42. The number of benzene rings is 2. The molecule has 5 nitrogen and oxygen atoms in total. The van der Waals surface area contributed by atoms with Gasteiger partial charge in [0, 0.05) is 37.8 Å². The average molecular weight is 499 g/mol. The Labute approximate surface area is 217 Å². The van der Waals surface area contributed by atoms with Crippen LogP contribution in [0.15, 0.2) is 48.5 Å². The van der Waals surface area contributed by atoms with Crippen LogP contribution in [-0.2, 0) is 18.5 Å². The van der Waals surface area contributed by atoms with Gasteiger partial charge in [0.05, 0.1) is 11.8 Å². The van der Waals surface area contributed by atoms with E-state index in [-0.39, 0.29) is 5.91 Å². The minimum atomic E-state index is -0.599. The largest absolute Gasteiger partial charge is 0.331 e. The molecule has 2 aromatic carbocycles. The number of hydrogen-bond acceptors (Lipinski definition) is 4. The summed E-state index contributed by atoms with van der Waals surface area (Å²) >= 11 is 6.13. The molecule has 3 aliphatic rings. The maximum absolute atomic E-state index is 13.6. The van der Waals surface area contributed by atoms with Crippen LogP contribution in [0.3, 0.4) is 0 Å². The topological polar surface area (TPSA) is 60.2 Å². The molecule has 3 heterocycles. The summed E-state index contributed by atoms with van der Waals surface area (Å²) in [5, 5.41) is 13.0. The van der Waals surface area contributed by atoms with Crippen molar-refractivity contribution in [2.24, 2.45) is 0 Å². The van der Waals surface area contributed by atoms with E-state index in [2.05, 4.69) is 51.2 Å². The lowest BCUT2D eigenvalue weighted by atomic mass is 9.76. The number of pyridine rings is 1. The highest BCUT2D eigenvalue weighted by Crippen LogP contribution is 2.38. The highest BCUT2D eigenvalue weighted by Gasteiger charge is 2.39. The van der Waals surface area contributed by atoms with Crippen LogP contribution in [0.25, 0.3) is 10.8 Å². The average Bonchev–Trinajstić information content (AvgIpc) is 3.26. The molecule has 1 aliphatic carbocycles. The molecule has 0 radical (unpaired) electrons. The normalized spacial score (nSPS) is 20.4. The lowest BCUT2D eigenvalue weighted by Crippen LogP contribution is -2.42.